The van der Waals surface area contributed by atoms with Crippen molar-refractivity contribution in [3.05, 3.63) is 34.9 Å². The number of hydrogen-bond acceptors (Lipinski definition) is 2. The normalized spacial score (nSPS) is 20.0. The number of hydrogen-bond donors (Lipinski definition) is 2. The van der Waals surface area contributed by atoms with Gasteiger partial charge >= 0.3 is 6.03 Å². The first kappa shape index (κ1) is 11.2. The molecule has 2 amide bonds. The molecule has 0 spiro atoms. The number of halogens is 1. The molecule has 0 saturated carbocycles. The van der Waals surface area contributed by atoms with Crippen LogP contribution < -0.4 is 11.1 Å². The molecule has 4 nitrogen and oxygen atoms in total. The summed E-state index contributed by atoms with van der Waals surface area (Å²) in [6.07, 6.45) is 0. The Labute approximate surface area is 99.4 Å². The van der Waals surface area contributed by atoms with Crippen molar-refractivity contribution in [1.29, 1.82) is 0 Å². The van der Waals surface area contributed by atoms with E-state index in [0.717, 1.165) is 5.56 Å². The second kappa shape index (κ2) is 4.72. The third-order valence-corrected chi connectivity index (χ3v) is 2.92. The smallest absolute Gasteiger partial charge is 0.318 e. The highest BCUT2D eigenvalue weighted by atomic mass is 35.5. The van der Waals surface area contributed by atoms with Gasteiger partial charge in [-0.05, 0) is 17.7 Å². The van der Waals surface area contributed by atoms with E-state index in [2.05, 4.69) is 5.32 Å². The van der Waals surface area contributed by atoms with Crippen LogP contribution >= 0.6 is 11.6 Å². The van der Waals surface area contributed by atoms with Crippen molar-refractivity contribution < 1.29 is 4.79 Å². The maximum atomic E-state index is 11.6. The zero-order chi connectivity index (χ0) is 11.5. The molecule has 1 aromatic carbocycles. The standard InChI is InChI=1S/C11H14ClN3O/c12-9-3-1-2-8(6-9)10-7-14-11(16)15(10)5-4-13/h1-3,6,10H,4-5,7,13H2,(H,14,16). The summed E-state index contributed by atoms with van der Waals surface area (Å²) in [5.41, 5.74) is 6.53. The molecule has 1 aliphatic heterocycles. The van der Waals surface area contributed by atoms with Gasteiger partial charge < -0.3 is 16.0 Å². The average Bonchev–Trinajstić information content (AvgIpc) is 2.61. The Morgan fingerprint density at radius 1 is 1.56 bits per heavy atom. The Morgan fingerprint density at radius 2 is 2.38 bits per heavy atom. The highest BCUT2D eigenvalue weighted by Crippen LogP contribution is 2.25. The van der Waals surface area contributed by atoms with Gasteiger partial charge in [-0.25, -0.2) is 4.79 Å². The number of urea groups is 1. The second-order valence-corrected chi connectivity index (χ2v) is 4.18. The van der Waals surface area contributed by atoms with E-state index in [1.54, 1.807) is 4.90 Å². The van der Waals surface area contributed by atoms with E-state index in [4.69, 9.17) is 17.3 Å². The van der Waals surface area contributed by atoms with Crippen molar-refractivity contribution in [2.75, 3.05) is 19.6 Å². The van der Waals surface area contributed by atoms with Crippen molar-refractivity contribution >= 4 is 17.6 Å². The number of benzene rings is 1. The van der Waals surface area contributed by atoms with Gasteiger partial charge in [-0.15, -0.1) is 0 Å². The van der Waals surface area contributed by atoms with Crippen molar-refractivity contribution in [1.82, 2.24) is 10.2 Å². The monoisotopic (exact) mass is 239 g/mol. The number of nitrogens with one attached hydrogen (secondary N) is 1. The van der Waals surface area contributed by atoms with Gasteiger partial charge in [0.1, 0.15) is 0 Å². The average molecular weight is 240 g/mol. The number of rotatable bonds is 3. The van der Waals surface area contributed by atoms with Crippen LogP contribution in [0.3, 0.4) is 0 Å². The van der Waals surface area contributed by atoms with Crippen molar-refractivity contribution in [3.8, 4) is 0 Å². The van der Waals surface area contributed by atoms with E-state index in [-0.39, 0.29) is 12.1 Å². The maximum Gasteiger partial charge on any atom is 0.318 e. The van der Waals surface area contributed by atoms with Crippen LogP contribution in [0.1, 0.15) is 11.6 Å². The molecule has 0 radical (unpaired) electrons. The van der Waals surface area contributed by atoms with E-state index in [1.807, 2.05) is 24.3 Å². The molecule has 2 rings (SSSR count). The van der Waals surface area contributed by atoms with Crippen LogP contribution in [0, 0.1) is 0 Å². The molecule has 1 heterocycles. The lowest BCUT2D eigenvalue weighted by molar-refractivity contribution is 0.206. The highest BCUT2D eigenvalue weighted by Gasteiger charge is 2.30. The highest BCUT2D eigenvalue weighted by molar-refractivity contribution is 6.30. The van der Waals surface area contributed by atoms with E-state index in [0.29, 0.717) is 24.7 Å². The van der Waals surface area contributed by atoms with Gasteiger partial charge in [0.25, 0.3) is 0 Å². The Hall–Kier alpha value is -1.26. The molecule has 16 heavy (non-hydrogen) atoms. The molecule has 1 saturated heterocycles. The summed E-state index contributed by atoms with van der Waals surface area (Å²) in [6, 6.07) is 7.55. The van der Waals surface area contributed by atoms with Gasteiger partial charge in [-0.3, -0.25) is 0 Å². The molecule has 5 heteroatoms. The summed E-state index contributed by atoms with van der Waals surface area (Å²) in [4.78, 5) is 13.3. The first-order valence-electron chi connectivity index (χ1n) is 5.22. The molecule has 0 bridgehead atoms. The number of nitrogens with zero attached hydrogens (tertiary/aromatic N) is 1. The molecule has 1 aliphatic rings. The molecule has 1 atom stereocenters. The number of nitrogens with two attached hydrogens (primary N) is 1. The number of carbonyl (C=O) groups is 1. The predicted octanol–water partition coefficient (Wildman–Crippen LogP) is 1.37. The van der Waals surface area contributed by atoms with Crippen molar-refractivity contribution in [3.63, 3.8) is 0 Å². The van der Waals surface area contributed by atoms with Gasteiger partial charge in [-0.2, -0.15) is 0 Å². The van der Waals surface area contributed by atoms with Crippen LogP contribution in [-0.2, 0) is 0 Å². The molecule has 0 aliphatic carbocycles. The van der Waals surface area contributed by atoms with Crippen LogP contribution in [0.4, 0.5) is 4.79 Å². The molecule has 1 fully saturated rings. The third kappa shape index (κ3) is 2.13. The lowest BCUT2D eigenvalue weighted by Gasteiger charge is -2.22. The fourth-order valence-electron chi connectivity index (χ4n) is 1.95. The van der Waals surface area contributed by atoms with E-state index in [9.17, 15) is 4.79 Å². The van der Waals surface area contributed by atoms with Crippen LogP contribution in [0.2, 0.25) is 5.02 Å². The summed E-state index contributed by atoms with van der Waals surface area (Å²) in [7, 11) is 0. The van der Waals surface area contributed by atoms with Crippen molar-refractivity contribution in [2.24, 2.45) is 5.73 Å². The van der Waals surface area contributed by atoms with Crippen LogP contribution in [-0.4, -0.2) is 30.6 Å². The molecule has 86 valence electrons. The predicted molar refractivity (Wildman–Crippen MR) is 63.4 cm³/mol. The molecule has 1 aromatic rings. The molecular formula is C11H14ClN3O. The maximum absolute atomic E-state index is 11.6. The zero-order valence-electron chi connectivity index (χ0n) is 8.82. The molecular weight excluding hydrogens is 226 g/mol. The molecule has 1 unspecified atom stereocenters. The topological polar surface area (TPSA) is 58.4 Å². The number of carbonyl (C=O) groups excluding carboxylic acids is 1. The molecule has 0 aromatic heterocycles. The van der Waals surface area contributed by atoms with Gasteiger partial charge in [0.05, 0.1) is 6.04 Å². The van der Waals surface area contributed by atoms with Crippen LogP contribution in [0.25, 0.3) is 0 Å². The minimum absolute atomic E-state index is 0.0368. The minimum Gasteiger partial charge on any atom is -0.336 e. The summed E-state index contributed by atoms with van der Waals surface area (Å²) in [5, 5.41) is 3.50. The van der Waals surface area contributed by atoms with Gasteiger partial charge in [0.2, 0.25) is 0 Å². The summed E-state index contributed by atoms with van der Waals surface area (Å²) < 4.78 is 0. The van der Waals surface area contributed by atoms with E-state index in [1.165, 1.54) is 0 Å². The first-order chi connectivity index (χ1) is 7.72. The fraction of sp³-hybridized carbons (Fsp3) is 0.364. The van der Waals surface area contributed by atoms with E-state index < -0.39 is 0 Å². The van der Waals surface area contributed by atoms with Crippen LogP contribution in [0.5, 0.6) is 0 Å². The van der Waals surface area contributed by atoms with Gasteiger partial charge in [0.15, 0.2) is 0 Å². The Balaban J connectivity index is 2.23. The Bertz CT molecular complexity index is 397. The summed E-state index contributed by atoms with van der Waals surface area (Å²) in [5.74, 6) is 0. The lowest BCUT2D eigenvalue weighted by Crippen LogP contribution is -2.34. The Kier molecular flexibility index (Phi) is 3.31. The SMILES string of the molecule is NCCN1C(=O)NCC1c1cccc(Cl)c1. The van der Waals surface area contributed by atoms with E-state index >= 15 is 0 Å². The zero-order valence-corrected chi connectivity index (χ0v) is 9.57. The third-order valence-electron chi connectivity index (χ3n) is 2.69. The molecule has 3 N–H and O–H groups in total. The van der Waals surface area contributed by atoms with Crippen molar-refractivity contribution in [2.45, 2.75) is 6.04 Å². The van der Waals surface area contributed by atoms with Gasteiger partial charge in [0, 0.05) is 24.7 Å². The fourth-order valence-corrected chi connectivity index (χ4v) is 2.14. The van der Waals surface area contributed by atoms with Gasteiger partial charge in [-0.1, -0.05) is 23.7 Å². The Morgan fingerprint density at radius 3 is 3.06 bits per heavy atom. The first-order valence-corrected chi connectivity index (χ1v) is 5.60. The summed E-state index contributed by atoms with van der Waals surface area (Å²) >= 11 is 5.94. The largest absolute Gasteiger partial charge is 0.336 e. The second-order valence-electron chi connectivity index (χ2n) is 3.74. The lowest BCUT2D eigenvalue weighted by atomic mass is 10.1. The summed E-state index contributed by atoms with van der Waals surface area (Å²) in [6.45, 7) is 1.63. The quantitative estimate of drug-likeness (QED) is 0.837. The minimum atomic E-state index is -0.0598. The number of amides is 2. The van der Waals surface area contributed by atoms with Crippen LogP contribution in [0.15, 0.2) is 24.3 Å².